The van der Waals surface area contributed by atoms with Crippen LogP contribution >= 0.6 is 0 Å². The van der Waals surface area contributed by atoms with Crippen molar-refractivity contribution in [2.24, 2.45) is 5.92 Å². The van der Waals surface area contributed by atoms with Gasteiger partial charge in [0.1, 0.15) is 6.61 Å². The van der Waals surface area contributed by atoms with Gasteiger partial charge >= 0.3 is 0 Å². The Bertz CT molecular complexity index is 418. The van der Waals surface area contributed by atoms with Crippen molar-refractivity contribution in [2.45, 2.75) is 44.8 Å². The Hall–Kier alpha value is -1.00. The van der Waals surface area contributed by atoms with E-state index in [4.69, 9.17) is 4.74 Å². The average molecular weight is 247 g/mol. The van der Waals surface area contributed by atoms with Gasteiger partial charge in [0.25, 0.3) is 0 Å². The van der Waals surface area contributed by atoms with Crippen LogP contribution in [0.4, 0.5) is 0 Å². The fourth-order valence-corrected chi connectivity index (χ4v) is 2.62. The van der Waals surface area contributed by atoms with Crippen LogP contribution in [0.25, 0.3) is 0 Å². The summed E-state index contributed by atoms with van der Waals surface area (Å²) in [4.78, 5) is 8.96. The lowest BCUT2D eigenvalue weighted by molar-refractivity contribution is 0.177. The summed E-state index contributed by atoms with van der Waals surface area (Å²) >= 11 is 0. The first-order valence-electron chi connectivity index (χ1n) is 6.91. The predicted molar refractivity (Wildman–Crippen MR) is 69.3 cm³/mol. The van der Waals surface area contributed by atoms with Crippen LogP contribution in [0.1, 0.15) is 36.3 Å². The third-order valence-corrected chi connectivity index (χ3v) is 3.85. The fourth-order valence-electron chi connectivity index (χ4n) is 2.62. The number of hydrogen-bond acceptors (Lipinski definition) is 4. The van der Waals surface area contributed by atoms with E-state index in [1.54, 1.807) is 7.11 Å². The van der Waals surface area contributed by atoms with Crippen molar-refractivity contribution in [1.29, 1.82) is 0 Å². The van der Waals surface area contributed by atoms with Crippen molar-refractivity contribution >= 4 is 0 Å². The quantitative estimate of drug-likeness (QED) is 0.856. The molecule has 1 N–H and O–H groups in total. The number of ether oxygens (including phenoxy) is 1. The second-order valence-electron chi connectivity index (χ2n) is 5.48. The Morgan fingerprint density at radius 3 is 3.06 bits per heavy atom. The second-order valence-corrected chi connectivity index (χ2v) is 5.48. The molecule has 1 aromatic heterocycles. The van der Waals surface area contributed by atoms with Gasteiger partial charge in [-0.3, -0.25) is 0 Å². The Kier molecular flexibility index (Phi) is 3.57. The van der Waals surface area contributed by atoms with E-state index in [0.29, 0.717) is 6.61 Å². The van der Waals surface area contributed by atoms with Crippen LogP contribution in [0.3, 0.4) is 0 Å². The van der Waals surface area contributed by atoms with Gasteiger partial charge in [0.15, 0.2) is 5.82 Å². The first-order chi connectivity index (χ1) is 8.85. The van der Waals surface area contributed by atoms with Gasteiger partial charge in [-0.2, -0.15) is 0 Å². The van der Waals surface area contributed by atoms with E-state index in [1.807, 2.05) is 6.20 Å². The molecule has 2 aliphatic rings. The molecule has 1 saturated carbocycles. The van der Waals surface area contributed by atoms with Crippen molar-refractivity contribution in [2.75, 3.05) is 13.7 Å². The molecule has 4 nitrogen and oxygen atoms in total. The SMILES string of the molecule is COCc1ncc2c(n1)CCC(CNC1CC1)C2. The molecule has 1 atom stereocenters. The fraction of sp³-hybridized carbons (Fsp3) is 0.714. The van der Waals surface area contributed by atoms with E-state index in [1.165, 1.54) is 30.5 Å². The predicted octanol–water partition coefficient (Wildman–Crippen LogP) is 1.48. The Balaban J connectivity index is 1.61. The molecule has 1 heterocycles. The first kappa shape index (κ1) is 12.1. The first-order valence-corrected chi connectivity index (χ1v) is 6.91. The Morgan fingerprint density at radius 2 is 2.28 bits per heavy atom. The van der Waals surface area contributed by atoms with Crippen LogP contribution < -0.4 is 5.32 Å². The summed E-state index contributed by atoms with van der Waals surface area (Å²) in [6, 6.07) is 0.812. The van der Waals surface area contributed by atoms with Crippen molar-refractivity contribution < 1.29 is 4.74 Å². The van der Waals surface area contributed by atoms with Crippen molar-refractivity contribution in [1.82, 2.24) is 15.3 Å². The summed E-state index contributed by atoms with van der Waals surface area (Å²) in [6.45, 7) is 1.67. The highest BCUT2D eigenvalue weighted by Crippen LogP contribution is 2.25. The molecule has 0 amide bonds. The van der Waals surface area contributed by atoms with Gasteiger partial charge in [0, 0.05) is 25.0 Å². The lowest BCUT2D eigenvalue weighted by atomic mass is 9.87. The molecule has 1 aromatic rings. The molecule has 98 valence electrons. The molecule has 18 heavy (non-hydrogen) atoms. The molecule has 0 aromatic carbocycles. The van der Waals surface area contributed by atoms with Crippen molar-refractivity contribution in [3.05, 3.63) is 23.3 Å². The standard InChI is InChI=1S/C14H21N3O/c1-18-9-14-16-8-11-6-10(2-5-13(11)17-14)7-15-12-3-4-12/h8,10,12,15H,2-7,9H2,1H3. The Morgan fingerprint density at radius 1 is 1.39 bits per heavy atom. The normalized spacial score (nSPS) is 22.8. The molecule has 0 radical (unpaired) electrons. The van der Waals surface area contributed by atoms with E-state index < -0.39 is 0 Å². The average Bonchev–Trinajstić information content (AvgIpc) is 3.21. The van der Waals surface area contributed by atoms with Gasteiger partial charge in [0.05, 0.1) is 0 Å². The van der Waals surface area contributed by atoms with Crippen molar-refractivity contribution in [3.63, 3.8) is 0 Å². The monoisotopic (exact) mass is 247 g/mol. The van der Waals surface area contributed by atoms with E-state index in [-0.39, 0.29) is 0 Å². The van der Waals surface area contributed by atoms with E-state index in [0.717, 1.165) is 37.2 Å². The van der Waals surface area contributed by atoms with Crippen LogP contribution in [-0.2, 0) is 24.2 Å². The maximum absolute atomic E-state index is 5.08. The minimum absolute atomic E-state index is 0.514. The molecule has 1 unspecified atom stereocenters. The number of nitrogens with one attached hydrogen (secondary N) is 1. The highest BCUT2D eigenvalue weighted by atomic mass is 16.5. The second kappa shape index (κ2) is 5.33. The molecular formula is C14H21N3O. The molecule has 0 aliphatic heterocycles. The summed E-state index contributed by atoms with van der Waals surface area (Å²) in [5.41, 5.74) is 2.57. The lowest BCUT2D eigenvalue weighted by Crippen LogP contribution is -2.29. The van der Waals surface area contributed by atoms with Gasteiger partial charge in [0.2, 0.25) is 0 Å². The van der Waals surface area contributed by atoms with Gasteiger partial charge in [-0.25, -0.2) is 9.97 Å². The number of hydrogen-bond donors (Lipinski definition) is 1. The minimum Gasteiger partial charge on any atom is -0.377 e. The van der Waals surface area contributed by atoms with Crippen LogP contribution in [-0.4, -0.2) is 29.7 Å². The molecular weight excluding hydrogens is 226 g/mol. The maximum Gasteiger partial charge on any atom is 0.154 e. The molecule has 0 bridgehead atoms. The number of aromatic nitrogens is 2. The molecule has 0 saturated heterocycles. The summed E-state index contributed by atoms with van der Waals surface area (Å²) < 4.78 is 5.08. The van der Waals surface area contributed by atoms with Crippen LogP contribution in [0, 0.1) is 5.92 Å². The van der Waals surface area contributed by atoms with Crippen LogP contribution in [0.5, 0.6) is 0 Å². The zero-order valence-corrected chi connectivity index (χ0v) is 11.0. The Labute approximate surface area is 108 Å². The highest BCUT2D eigenvalue weighted by molar-refractivity contribution is 5.21. The molecule has 0 spiro atoms. The number of aryl methyl sites for hydroxylation is 1. The van der Waals surface area contributed by atoms with Crippen molar-refractivity contribution in [3.8, 4) is 0 Å². The molecule has 3 rings (SSSR count). The van der Waals surface area contributed by atoms with Crippen LogP contribution in [0.15, 0.2) is 6.20 Å². The van der Waals surface area contributed by atoms with Gasteiger partial charge in [-0.05, 0) is 50.1 Å². The highest BCUT2D eigenvalue weighted by Gasteiger charge is 2.24. The summed E-state index contributed by atoms with van der Waals surface area (Å²) in [6.07, 6.45) is 8.20. The smallest absolute Gasteiger partial charge is 0.154 e. The van der Waals surface area contributed by atoms with Gasteiger partial charge in [-0.15, -0.1) is 0 Å². The maximum atomic E-state index is 5.08. The zero-order chi connectivity index (χ0) is 12.4. The number of nitrogens with zero attached hydrogens (tertiary/aromatic N) is 2. The number of rotatable bonds is 5. The number of methoxy groups -OCH3 is 1. The minimum atomic E-state index is 0.514. The summed E-state index contributed by atoms with van der Waals surface area (Å²) in [7, 11) is 1.68. The van der Waals surface area contributed by atoms with E-state index >= 15 is 0 Å². The lowest BCUT2D eigenvalue weighted by Gasteiger charge is -2.24. The molecule has 1 fully saturated rings. The molecule has 4 heteroatoms. The summed E-state index contributed by atoms with van der Waals surface area (Å²) in [5.74, 6) is 1.57. The van der Waals surface area contributed by atoms with Gasteiger partial charge in [-0.1, -0.05) is 0 Å². The van der Waals surface area contributed by atoms with Gasteiger partial charge < -0.3 is 10.1 Å². The van der Waals surface area contributed by atoms with E-state index in [2.05, 4.69) is 15.3 Å². The topological polar surface area (TPSA) is 47.0 Å². The largest absolute Gasteiger partial charge is 0.377 e. The van der Waals surface area contributed by atoms with Crippen LogP contribution in [0.2, 0.25) is 0 Å². The van der Waals surface area contributed by atoms with E-state index in [9.17, 15) is 0 Å². The molecule has 2 aliphatic carbocycles. The summed E-state index contributed by atoms with van der Waals surface area (Å²) in [5, 5.41) is 3.63. The zero-order valence-electron chi connectivity index (χ0n) is 11.0. The third-order valence-electron chi connectivity index (χ3n) is 3.85. The third kappa shape index (κ3) is 2.87. The number of fused-ring (bicyclic) bond motifs is 1.